The summed E-state index contributed by atoms with van der Waals surface area (Å²) in [6.07, 6.45) is 4.68. The number of benzene rings is 2. The van der Waals surface area contributed by atoms with Crippen molar-refractivity contribution < 1.29 is 8.42 Å². The molecule has 0 aliphatic carbocycles. The first kappa shape index (κ1) is 17.5. The van der Waals surface area contributed by atoms with Gasteiger partial charge in [-0.1, -0.05) is 28.1 Å². The van der Waals surface area contributed by atoms with E-state index in [1.54, 1.807) is 36.7 Å². The van der Waals surface area contributed by atoms with Gasteiger partial charge in [-0.25, -0.2) is 8.42 Å². The number of aromatic nitrogens is 2. The molecule has 4 nitrogen and oxygen atoms in total. The van der Waals surface area contributed by atoms with Gasteiger partial charge in [-0.15, -0.1) is 0 Å². The third-order valence-electron chi connectivity index (χ3n) is 3.57. The Morgan fingerprint density at radius 1 is 0.800 bits per heavy atom. The molecule has 0 fully saturated rings. The largest absolute Gasteiger partial charge is 0.256 e. The third kappa shape index (κ3) is 4.41. The zero-order valence-electron chi connectivity index (χ0n) is 13.4. The Hall–Kier alpha value is -2.31. The van der Waals surface area contributed by atoms with Gasteiger partial charge in [-0.2, -0.15) is 0 Å². The highest BCUT2D eigenvalue weighted by molar-refractivity contribution is 9.10. The number of nitrogens with zero attached hydrogens (tertiary/aromatic N) is 2. The number of fused-ring (bicyclic) bond motifs is 2. The molecule has 0 amide bonds. The zero-order chi connectivity index (χ0) is 17.9. The molecule has 25 heavy (non-hydrogen) atoms. The summed E-state index contributed by atoms with van der Waals surface area (Å²) >= 11 is 3.40. The van der Waals surface area contributed by atoms with Crippen molar-refractivity contribution in [1.82, 2.24) is 9.97 Å². The van der Waals surface area contributed by atoms with Crippen molar-refractivity contribution in [2.45, 2.75) is 4.90 Å². The molecule has 2 aromatic carbocycles. The monoisotopic (exact) mass is 414 g/mol. The van der Waals surface area contributed by atoms with Crippen molar-refractivity contribution in [1.29, 1.82) is 0 Å². The van der Waals surface area contributed by atoms with Crippen LogP contribution in [-0.2, 0) is 9.84 Å². The van der Waals surface area contributed by atoms with Gasteiger partial charge in [0.25, 0.3) is 0 Å². The summed E-state index contributed by atoms with van der Waals surface area (Å²) in [5.41, 5.74) is 1.84. The van der Waals surface area contributed by atoms with E-state index < -0.39 is 9.84 Å². The van der Waals surface area contributed by atoms with Crippen molar-refractivity contribution in [2.75, 3.05) is 6.26 Å². The second-order valence-corrected chi connectivity index (χ2v) is 8.40. The number of hydrogen-bond acceptors (Lipinski definition) is 4. The Balaban J connectivity index is 0.000000150. The minimum atomic E-state index is -3.12. The van der Waals surface area contributed by atoms with E-state index in [1.165, 1.54) is 11.6 Å². The van der Waals surface area contributed by atoms with E-state index in [9.17, 15) is 8.42 Å². The Kier molecular flexibility index (Phi) is 5.11. The van der Waals surface area contributed by atoms with Crippen LogP contribution in [0.5, 0.6) is 0 Å². The van der Waals surface area contributed by atoms with Crippen LogP contribution in [0.3, 0.4) is 0 Å². The van der Waals surface area contributed by atoms with Crippen LogP contribution in [0.1, 0.15) is 0 Å². The summed E-state index contributed by atoms with van der Waals surface area (Å²) in [5, 5.41) is 2.01. The predicted octanol–water partition coefficient (Wildman–Crippen LogP) is 4.64. The Labute approximate surface area is 154 Å². The molecule has 4 rings (SSSR count). The normalized spacial score (nSPS) is 11.1. The minimum absolute atomic E-state index is 0.331. The molecule has 126 valence electrons. The van der Waals surface area contributed by atoms with Gasteiger partial charge in [-0.05, 0) is 48.5 Å². The van der Waals surface area contributed by atoms with Crippen molar-refractivity contribution >= 4 is 47.6 Å². The minimum Gasteiger partial charge on any atom is -0.256 e. The second-order valence-electron chi connectivity index (χ2n) is 5.47. The molecule has 2 aromatic heterocycles. The van der Waals surface area contributed by atoms with Gasteiger partial charge >= 0.3 is 0 Å². The van der Waals surface area contributed by atoms with E-state index in [2.05, 4.69) is 32.0 Å². The number of pyridine rings is 2. The topological polar surface area (TPSA) is 59.9 Å². The van der Waals surface area contributed by atoms with Crippen LogP contribution < -0.4 is 0 Å². The number of hydrogen-bond donors (Lipinski definition) is 0. The maximum atomic E-state index is 11.3. The van der Waals surface area contributed by atoms with Crippen LogP contribution in [0.2, 0.25) is 0 Å². The average molecular weight is 415 g/mol. The maximum Gasteiger partial charge on any atom is 0.175 e. The lowest BCUT2D eigenvalue weighted by Gasteiger charge is -2.00. The Bertz CT molecular complexity index is 1140. The van der Waals surface area contributed by atoms with Gasteiger partial charge in [0.15, 0.2) is 9.84 Å². The highest BCUT2D eigenvalue weighted by Crippen LogP contribution is 2.17. The highest BCUT2D eigenvalue weighted by Gasteiger charge is 2.06. The zero-order valence-corrected chi connectivity index (χ0v) is 15.8. The molecule has 0 bridgehead atoms. The fraction of sp³-hybridized carbons (Fsp3) is 0.0526. The maximum absolute atomic E-state index is 11.3. The second kappa shape index (κ2) is 7.29. The third-order valence-corrected chi connectivity index (χ3v) is 5.17. The summed E-state index contributed by atoms with van der Waals surface area (Å²) in [4.78, 5) is 8.64. The molecule has 0 aliphatic rings. The molecule has 0 N–H and O–H groups in total. The van der Waals surface area contributed by atoms with E-state index in [-0.39, 0.29) is 0 Å². The molecule has 4 aromatic rings. The van der Waals surface area contributed by atoms with E-state index in [0.717, 1.165) is 20.9 Å². The molecule has 0 unspecified atom stereocenters. The molecule has 0 saturated carbocycles. The molecule has 0 spiro atoms. The quantitative estimate of drug-likeness (QED) is 0.455. The summed E-state index contributed by atoms with van der Waals surface area (Å²) in [6.45, 7) is 0. The summed E-state index contributed by atoms with van der Waals surface area (Å²) in [5.74, 6) is 0. The first-order valence-corrected chi connectivity index (χ1v) is 10.2. The lowest BCUT2D eigenvalue weighted by molar-refractivity contribution is 0.602. The van der Waals surface area contributed by atoms with Crippen LogP contribution in [0, 0.1) is 0 Å². The van der Waals surface area contributed by atoms with E-state index in [1.807, 2.05) is 30.3 Å². The standard InChI is InChI=1S/C10H9NO2S.C9H6BrN/c1-14(12,13)9-4-5-10-8(7-9)3-2-6-11-10;10-8-3-4-9-7(6-8)2-1-5-11-9/h2-7H,1H3;1-6H. The summed E-state index contributed by atoms with van der Waals surface area (Å²) in [6, 6.07) is 18.6. The first-order valence-electron chi connectivity index (χ1n) is 7.49. The van der Waals surface area contributed by atoms with E-state index >= 15 is 0 Å². The van der Waals surface area contributed by atoms with Crippen molar-refractivity contribution in [3.8, 4) is 0 Å². The van der Waals surface area contributed by atoms with Crippen LogP contribution in [0.25, 0.3) is 21.8 Å². The van der Waals surface area contributed by atoms with Crippen LogP contribution in [0.15, 0.2) is 82.4 Å². The van der Waals surface area contributed by atoms with Gasteiger partial charge in [-0.3, -0.25) is 9.97 Å². The van der Waals surface area contributed by atoms with Crippen molar-refractivity contribution in [2.24, 2.45) is 0 Å². The molecular weight excluding hydrogens is 400 g/mol. The molecular formula is C19H15BrN2O2S. The fourth-order valence-electron chi connectivity index (χ4n) is 2.33. The van der Waals surface area contributed by atoms with Crippen molar-refractivity contribution in [3.63, 3.8) is 0 Å². The van der Waals surface area contributed by atoms with Crippen molar-refractivity contribution in [3.05, 3.63) is 77.5 Å². The summed E-state index contributed by atoms with van der Waals surface area (Å²) in [7, 11) is -3.12. The number of halogens is 1. The molecule has 6 heteroatoms. The predicted molar refractivity (Wildman–Crippen MR) is 104 cm³/mol. The van der Waals surface area contributed by atoms with Crippen LogP contribution in [-0.4, -0.2) is 24.6 Å². The molecule has 0 atom stereocenters. The molecule has 0 saturated heterocycles. The van der Waals surface area contributed by atoms with Gasteiger partial charge in [0.2, 0.25) is 0 Å². The SMILES string of the molecule is Brc1ccc2ncccc2c1.CS(=O)(=O)c1ccc2ncccc2c1. The van der Waals surface area contributed by atoms with Gasteiger partial charge in [0.05, 0.1) is 15.9 Å². The molecule has 2 heterocycles. The highest BCUT2D eigenvalue weighted by atomic mass is 79.9. The molecule has 0 aliphatic heterocycles. The smallest absolute Gasteiger partial charge is 0.175 e. The van der Waals surface area contributed by atoms with Gasteiger partial charge in [0.1, 0.15) is 0 Å². The van der Waals surface area contributed by atoms with Crippen LogP contribution in [0.4, 0.5) is 0 Å². The van der Waals surface area contributed by atoms with Gasteiger partial charge < -0.3 is 0 Å². The fourth-order valence-corrected chi connectivity index (χ4v) is 3.37. The lowest BCUT2D eigenvalue weighted by Crippen LogP contribution is -1.96. The number of rotatable bonds is 1. The first-order chi connectivity index (χ1) is 11.9. The Morgan fingerprint density at radius 3 is 1.96 bits per heavy atom. The van der Waals surface area contributed by atoms with E-state index in [4.69, 9.17) is 0 Å². The van der Waals surface area contributed by atoms with Crippen LogP contribution >= 0.6 is 15.9 Å². The van der Waals surface area contributed by atoms with E-state index in [0.29, 0.717) is 4.90 Å². The molecule has 0 radical (unpaired) electrons. The Morgan fingerprint density at radius 2 is 1.36 bits per heavy atom. The lowest BCUT2D eigenvalue weighted by atomic mass is 10.2. The van der Waals surface area contributed by atoms with Gasteiger partial charge in [0, 0.05) is 33.9 Å². The summed E-state index contributed by atoms with van der Waals surface area (Å²) < 4.78 is 23.6. The number of sulfone groups is 1. The average Bonchev–Trinajstić information content (AvgIpc) is 2.61.